The Labute approximate surface area is 69.9 Å². The van der Waals surface area contributed by atoms with E-state index >= 15 is 0 Å². The lowest BCUT2D eigenvalue weighted by atomic mass is 10.0. The molecule has 1 heterocycles. The van der Waals surface area contributed by atoms with Gasteiger partial charge in [0.2, 0.25) is 0 Å². The maximum atomic E-state index is 12.4. The molecule has 1 rings (SSSR count). The van der Waals surface area contributed by atoms with Crippen molar-refractivity contribution >= 4 is 9.84 Å². The average Bonchev–Trinajstić information content (AvgIpc) is 1.83. The molecular formula is C6H11F2NO2S. The van der Waals surface area contributed by atoms with Crippen molar-refractivity contribution in [1.29, 1.82) is 0 Å². The van der Waals surface area contributed by atoms with Gasteiger partial charge in [-0.05, 0) is 12.8 Å². The Balaban J connectivity index is 2.58. The second-order valence-corrected chi connectivity index (χ2v) is 5.40. The first-order valence-corrected chi connectivity index (χ1v) is 5.50. The monoisotopic (exact) mass is 199 g/mol. The summed E-state index contributed by atoms with van der Waals surface area (Å²) in [6, 6.07) is -3.23. The first-order valence-electron chi connectivity index (χ1n) is 3.68. The van der Waals surface area contributed by atoms with Crippen LogP contribution in [0.5, 0.6) is 0 Å². The van der Waals surface area contributed by atoms with Crippen molar-refractivity contribution < 1.29 is 17.2 Å². The van der Waals surface area contributed by atoms with Gasteiger partial charge in [0.05, 0.1) is 11.5 Å². The molecule has 0 aromatic carbocycles. The van der Waals surface area contributed by atoms with Gasteiger partial charge >= 0.3 is 6.05 Å². The lowest BCUT2D eigenvalue weighted by molar-refractivity contribution is -0.0553. The molecule has 0 aromatic rings. The minimum atomic E-state index is -3.23. The predicted molar refractivity (Wildman–Crippen MR) is 40.5 cm³/mol. The lowest BCUT2D eigenvalue weighted by Gasteiger charge is -2.26. The molecule has 0 saturated carbocycles. The molecule has 6 heteroatoms. The highest BCUT2D eigenvalue weighted by Gasteiger charge is 2.38. The van der Waals surface area contributed by atoms with Gasteiger partial charge in [0, 0.05) is 5.92 Å². The van der Waals surface area contributed by atoms with E-state index in [4.69, 9.17) is 0 Å². The SMILES string of the molecule is NC(F)(F)C1CCS(=O)(=O)CC1. The highest BCUT2D eigenvalue weighted by molar-refractivity contribution is 7.91. The van der Waals surface area contributed by atoms with E-state index in [0.717, 1.165) is 0 Å². The third-order valence-corrected chi connectivity index (χ3v) is 3.81. The number of nitrogens with two attached hydrogens (primary N) is 1. The van der Waals surface area contributed by atoms with Gasteiger partial charge in [-0.25, -0.2) is 8.42 Å². The van der Waals surface area contributed by atoms with Crippen molar-refractivity contribution in [3.8, 4) is 0 Å². The van der Waals surface area contributed by atoms with Gasteiger partial charge in [-0.1, -0.05) is 0 Å². The quantitative estimate of drug-likeness (QED) is 0.620. The second kappa shape index (κ2) is 2.92. The number of alkyl halides is 2. The molecule has 1 aliphatic heterocycles. The van der Waals surface area contributed by atoms with E-state index in [0.29, 0.717) is 0 Å². The zero-order valence-corrected chi connectivity index (χ0v) is 7.28. The summed E-state index contributed by atoms with van der Waals surface area (Å²) < 4.78 is 46.6. The molecule has 3 nitrogen and oxygen atoms in total. The Bertz CT molecular complexity index is 243. The van der Waals surface area contributed by atoms with Crippen molar-refractivity contribution in [2.45, 2.75) is 18.9 Å². The van der Waals surface area contributed by atoms with Gasteiger partial charge in [0.1, 0.15) is 9.84 Å². The van der Waals surface area contributed by atoms with Gasteiger partial charge < -0.3 is 0 Å². The second-order valence-electron chi connectivity index (χ2n) is 3.10. The van der Waals surface area contributed by atoms with Gasteiger partial charge in [-0.15, -0.1) is 0 Å². The summed E-state index contributed by atoms with van der Waals surface area (Å²) >= 11 is 0. The van der Waals surface area contributed by atoms with E-state index in [1.165, 1.54) is 0 Å². The molecule has 0 aromatic heterocycles. The summed E-state index contributed by atoms with van der Waals surface area (Å²) in [5.74, 6) is -1.30. The van der Waals surface area contributed by atoms with E-state index in [-0.39, 0.29) is 24.3 Å². The zero-order chi connectivity index (χ0) is 9.41. The Morgan fingerprint density at radius 1 is 1.25 bits per heavy atom. The van der Waals surface area contributed by atoms with Crippen LogP contribution in [0.2, 0.25) is 0 Å². The minimum Gasteiger partial charge on any atom is -0.272 e. The van der Waals surface area contributed by atoms with Crippen LogP contribution in [-0.4, -0.2) is 26.0 Å². The minimum absolute atomic E-state index is 0.0220. The molecule has 0 unspecified atom stereocenters. The summed E-state index contributed by atoms with van der Waals surface area (Å²) in [6.07, 6.45) is -0.0440. The van der Waals surface area contributed by atoms with E-state index in [2.05, 4.69) is 5.73 Å². The lowest BCUT2D eigenvalue weighted by Crippen LogP contribution is -2.42. The Kier molecular flexibility index (Phi) is 2.40. The summed E-state index contributed by atoms with van der Waals surface area (Å²) in [5, 5.41) is 0. The van der Waals surface area contributed by atoms with Gasteiger partial charge in [0.25, 0.3) is 0 Å². The van der Waals surface area contributed by atoms with Crippen molar-refractivity contribution in [2.24, 2.45) is 11.7 Å². The van der Waals surface area contributed by atoms with Crippen LogP contribution in [0.15, 0.2) is 0 Å². The Hall–Kier alpha value is -0.230. The number of hydrogen-bond donors (Lipinski definition) is 1. The third kappa shape index (κ3) is 2.38. The van der Waals surface area contributed by atoms with Crippen LogP contribution in [0.25, 0.3) is 0 Å². The standard InChI is InChI=1S/C6H11F2NO2S/c7-6(8,9)5-1-3-12(10,11)4-2-5/h5H,1-4,9H2. The molecule has 0 radical (unpaired) electrons. The molecule has 72 valence electrons. The van der Waals surface area contributed by atoms with Crippen LogP contribution in [0.3, 0.4) is 0 Å². The smallest absolute Gasteiger partial charge is 0.272 e. The average molecular weight is 199 g/mol. The predicted octanol–water partition coefficient (Wildman–Crippen LogP) is 0.363. The van der Waals surface area contributed by atoms with Gasteiger partial charge in [-0.3, -0.25) is 5.73 Å². The first kappa shape index (κ1) is 9.85. The van der Waals surface area contributed by atoms with E-state index < -0.39 is 21.8 Å². The van der Waals surface area contributed by atoms with E-state index in [1.807, 2.05) is 0 Å². The number of rotatable bonds is 1. The van der Waals surface area contributed by atoms with Crippen LogP contribution in [0.4, 0.5) is 8.78 Å². The van der Waals surface area contributed by atoms with Crippen LogP contribution in [-0.2, 0) is 9.84 Å². The van der Waals surface area contributed by atoms with Crippen LogP contribution < -0.4 is 5.73 Å². The van der Waals surface area contributed by atoms with Crippen LogP contribution in [0.1, 0.15) is 12.8 Å². The summed E-state index contributed by atoms with van der Waals surface area (Å²) in [5.41, 5.74) is 4.57. The molecule has 12 heavy (non-hydrogen) atoms. The largest absolute Gasteiger partial charge is 0.302 e. The maximum Gasteiger partial charge on any atom is 0.302 e. The molecule has 1 saturated heterocycles. The highest BCUT2D eigenvalue weighted by Crippen LogP contribution is 2.29. The van der Waals surface area contributed by atoms with Crippen LogP contribution in [0, 0.1) is 5.92 Å². The number of halogens is 2. The molecule has 2 N–H and O–H groups in total. The van der Waals surface area contributed by atoms with E-state index in [9.17, 15) is 17.2 Å². The fourth-order valence-corrected chi connectivity index (χ4v) is 2.77. The molecule has 0 amide bonds. The Morgan fingerprint density at radius 2 is 1.67 bits per heavy atom. The normalized spacial score (nSPS) is 25.6. The fraction of sp³-hybridized carbons (Fsp3) is 1.00. The van der Waals surface area contributed by atoms with E-state index in [1.54, 1.807) is 0 Å². The molecule has 0 aliphatic carbocycles. The molecule has 1 fully saturated rings. The molecule has 0 atom stereocenters. The van der Waals surface area contributed by atoms with Crippen molar-refractivity contribution in [1.82, 2.24) is 0 Å². The topological polar surface area (TPSA) is 60.2 Å². The summed E-state index contributed by atoms with van der Waals surface area (Å²) in [6.45, 7) is 0. The molecular weight excluding hydrogens is 188 g/mol. The van der Waals surface area contributed by atoms with Crippen molar-refractivity contribution in [2.75, 3.05) is 11.5 Å². The maximum absolute atomic E-state index is 12.4. The zero-order valence-electron chi connectivity index (χ0n) is 6.46. The summed E-state index contributed by atoms with van der Waals surface area (Å²) in [4.78, 5) is 0. The summed E-state index contributed by atoms with van der Waals surface area (Å²) in [7, 11) is -3.06. The van der Waals surface area contributed by atoms with Crippen molar-refractivity contribution in [3.05, 3.63) is 0 Å². The van der Waals surface area contributed by atoms with Crippen molar-refractivity contribution in [3.63, 3.8) is 0 Å². The number of hydrogen-bond acceptors (Lipinski definition) is 3. The molecule has 0 spiro atoms. The van der Waals surface area contributed by atoms with Gasteiger partial charge in [0.15, 0.2) is 0 Å². The first-order chi connectivity index (χ1) is 5.31. The fourth-order valence-electron chi connectivity index (χ4n) is 1.27. The van der Waals surface area contributed by atoms with Gasteiger partial charge in [-0.2, -0.15) is 8.78 Å². The third-order valence-electron chi connectivity index (χ3n) is 2.10. The molecule has 1 aliphatic rings. The Morgan fingerprint density at radius 3 is 2.00 bits per heavy atom. The number of sulfone groups is 1. The highest BCUT2D eigenvalue weighted by atomic mass is 32.2. The van der Waals surface area contributed by atoms with Crippen LogP contribution >= 0.6 is 0 Å². The molecule has 0 bridgehead atoms.